The van der Waals surface area contributed by atoms with Gasteiger partial charge in [-0.05, 0) is 30.7 Å². The number of hydrogen-bond donors (Lipinski definition) is 0. The van der Waals surface area contributed by atoms with Crippen molar-refractivity contribution in [3.05, 3.63) is 78.8 Å². The van der Waals surface area contributed by atoms with Gasteiger partial charge in [-0.3, -0.25) is 4.79 Å². The van der Waals surface area contributed by atoms with E-state index in [0.717, 1.165) is 5.56 Å². The molecule has 8 nitrogen and oxygen atoms in total. The standard InChI is InChI=1S/C24H24N2O6S/c1-18(32-24(28)22-21(12-17-31-22)19-8-4-2-5-9-19)23(27)25-13-15-26(16-14-25)33(29,30)20-10-6-3-7-11-20/h2-12,17-18H,13-16H2,1H3. The number of ether oxygens (including phenoxy) is 1. The van der Waals surface area contributed by atoms with Crippen molar-refractivity contribution in [2.75, 3.05) is 26.2 Å². The summed E-state index contributed by atoms with van der Waals surface area (Å²) in [6, 6.07) is 19.1. The Morgan fingerprint density at radius 2 is 1.52 bits per heavy atom. The molecule has 9 heteroatoms. The van der Waals surface area contributed by atoms with Crippen LogP contribution in [0.1, 0.15) is 17.5 Å². The number of carbonyl (C=O) groups is 2. The molecule has 1 amide bonds. The van der Waals surface area contributed by atoms with Crippen LogP contribution in [0.5, 0.6) is 0 Å². The first-order chi connectivity index (χ1) is 15.9. The third-order valence-electron chi connectivity index (χ3n) is 5.50. The van der Waals surface area contributed by atoms with Crippen LogP contribution in [0.3, 0.4) is 0 Å². The molecule has 0 N–H and O–H groups in total. The summed E-state index contributed by atoms with van der Waals surface area (Å²) in [5.74, 6) is -1.09. The maximum atomic E-state index is 12.8. The molecule has 172 valence electrons. The van der Waals surface area contributed by atoms with E-state index in [1.54, 1.807) is 36.4 Å². The van der Waals surface area contributed by atoms with Gasteiger partial charge in [0.15, 0.2) is 6.10 Å². The van der Waals surface area contributed by atoms with E-state index >= 15 is 0 Å². The van der Waals surface area contributed by atoms with Gasteiger partial charge < -0.3 is 14.1 Å². The van der Waals surface area contributed by atoms with Crippen LogP contribution < -0.4 is 0 Å². The number of amides is 1. The molecule has 0 bridgehead atoms. The van der Waals surface area contributed by atoms with Crippen molar-refractivity contribution in [2.45, 2.75) is 17.9 Å². The fourth-order valence-electron chi connectivity index (χ4n) is 3.72. The van der Waals surface area contributed by atoms with Gasteiger partial charge in [-0.1, -0.05) is 48.5 Å². The van der Waals surface area contributed by atoms with Gasteiger partial charge in [0, 0.05) is 31.7 Å². The number of benzene rings is 2. The van der Waals surface area contributed by atoms with E-state index in [1.165, 1.54) is 22.4 Å². The maximum absolute atomic E-state index is 12.8. The predicted octanol–water partition coefficient (Wildman–Crippen LogP) is 3.03. The zero-order valence-electron chi connectivity index (χ0n) is 18.1. The third kappa shape index (κ3) is 4.84. The molecule has 0 saturated carbocycles. The second-order valence-electron chi connectivity index (χ2n) is 7.62. The summed E-state index contributed by atoms with van der Waals surface area (Å²) >= 11 is 0. The van der Waals surface area contributed by atoms with Crippen LogP contribution in [-0.2, 0) is 19.6 Å². The van der Waals surface area contributed by atoms with E-state index in [9.17, 15) is 18.0 Å². The Kier molecular flexibility index (Phi) is 6.62. The molecule has 1 aromatic heterocycles. The SMILES string of the molecule is CC(OC(=O)c1occc1-c1ccccc1)C(=O)N1CCN(S(=O)(=O)c2ccccc2)CC1. The van der Waals surface area contributed by atoms with Crippen LogP contribution in [0, 0.1) is 0 Å². The molecule has 1 aliphatic rings. The van der Waals surface area contributed by atoms with Crippen molar-refractivity contribution in [3.63, 3.8) is 0 Å². The van der Waals surface area contributed by atoms with Gasteiger partial charge in [-0.15, -0.1) is 0 Å². The zero-order chi connectivity index (χ0) is 23.4. The number of piperazine rings is 1. The molecule has 33 heavy (non-hydrogen) atoms. The molecule has 0 aliphatic carbocycles. The van der Waals surface area contributed by atoms with E-state index < -0.39 is 22.1 Å². The zero-order valence-corrected chi connectivity index (χ0v) is 18.9. The molecule has 1 unspecified atom stereocenters. The second-order valence-corrected chi connectivity index (χ2v) is 9.56. The number of esters is 1. The van der Waals surface area contributed by atoms with Crippen molar-refractivity contribution in [1.29, 1.82) is 0 Å². The Morgan fingerprint density at radius 3 is 2.15 bits per heavy atom. The van der Waals surface area contributed by atoms with Crippen molar-refractivity contribution < 1.29 is 27.2 Å². The lowest BCUT2D eigenvalue weighted by Gasteiger charge is -2.35. The van der Waals surface area contributed by atoms with Crippen LogP contribution in [0.4, 0.5) is 0 Å². The van der Waals surface area contributed by atoms with Gasteiger partial charge in [0.2, 0.25) is 15.8 Å². The van der Waals surface area contributed by atoms with E-state index in [1.807, 2.05) is 30.3 Å². The first kappa shape index (κ1) is 22.8. The molecule has 3 aromatic rings. The van der Waals surface area contributed by atoms with Gasteiger partial charge in [-0.25, -0.2) is 13.2 Å². The van der Waals surface area contributed by atoms with Gasteiger partial charge in [0.25, 0.3) is 5.91 Å². The van der Waals surface area contributed by atoms with Crippen molar-refractivity contribution in [2.24, 2.45) is 0 Å². The fraction of sp³-hybridized carbons (Fsp3) is 0.250. The fourth-order valence-corrected chi connectivity index (χ4v) is 5.17. The van der Waals surface area contributed by atoms with Crippen molar-refractivity contribution >= 4 is 21.9 Å². The van der Waals surface area contributed by atoms with E-state index in [4.69, 9.17) is 9.15 Å². The Labute approximate surface area is 192 Å². The number of furan rings is 1. The lowest BCUT2D eigenvalue weighted by Crippen LogP contribution is -2.52. The number of hydrogen-bond acceptors (Lipinski definition) is 6. The smallest absolute Gasteiger partial charge is 0.375 e. The average Bonchev–Trinajstić information content (AvgIpc) is 3.35. The molecular formula is C24H24N2O6S. The van der Waals surface area contributed by atoms with Crippen molar-refractivity contribution in [1.82, 2.24) is 9.21 Å². The summed E-state index contributed by atoms with van der Waals surface area (Å²) in [5, 5.41) is 0. The van der Waals surface area contributed by atoms with E-state index in [2.05, 4.69) is 0 Å². The third-order valence-corrected chi connectivity index (χ3v) is 7.41. The molecule has 1 saturated heterocycles. The van der Waals surface area contributed by atoms with Crippen LogP contribution in [-0.4, -0.2) is 61.8 Å². The number of nitrogens with zero attached hydrogens (tertiary/aromatic N) is 2. The Hall–Kier alpha value is -3.43. The molecule has 2 heterocycles. The average molecular weight is 469 g/mol. The molecular weight excluding hydrogens is 444 g/mol. The van der Waals surface area contributed by atoms with Gasteiger partial charge in [0.05, 0.1) is 11.2 Å². The first-order valence-electron chi connectivity index (χ1n) is 10.6. The van der Waals surface area contributed by atoms with Crippen LogP contribution in [0.15, 0.2) is 82.3 Å². The highest BCUT2D eigenvalue weighted by molar-refractivity contribution is 7.89. The van der Waals surface area contributed by atoms with Crippen LogP contribution >= 0.6 is 0 Å². The lowest BCUT2D eigenvalue weighted by atomic mass is 10.1. The highest BCUT2D eigenvalue weighted by atomic mass is 32.2. The number of rotatable bonds is 6. The Bertz CT molecular complexity index is 1220. The molecule has 0 spiro atoms. The molecule has 0 radical (unpaired) electrons. The monoisotopic (exact) mass is 468 g/mol. The molecule has 1 atom stereocenters. The van der Waals surface area contributed by atoms with E-state index in [-0.39, 0.29) is 42.7 Å². The number of sulfonamides is 1. The Balaban J connectivity index is 1.36. The van der Waals surface area contributed by atoms with Gasteiger partial charge in [0.1, 0.15) is 0 Å². The topological polar surface area (TPSA) is 97.1 Å². The molecule has 1 fully saturated rings. The first-order valence-corrected chi connectivity index (χ1v) is 12.0. The summed E-state index contributed by atoms with van der Waals surface area (Å²) in [4.78, 5) is 27.2. The quantitative estimate of drug-likeness (QED) is 0.516. The predicted molar refractivity (Wildman–Crippen MR) is 121 cm³/mol. The highest BCUT2D eigenvalue weighted by Crippen LogP contribution is 2.26. The lowest BCUT2D eigenvalue weighted by molar-refractivity contribution is -0.141. The van der Waals surface area contributed by atoms with Gasteiger partial charge in [-0.2, -0.15) is 4.31 Å². The minimum absolute atomic E-state index is 0.0274. The largest absolute Gasteiger partial charge is 0.457 e. The summed E-state index contributed by atoms with van der Waals surface area (Å²) in [6.07, 6.45) is 0.362. The Morgan fingerprint density at radius 1 is 0.909 bits per heavy atom. The summed E-state index contributed by atoms with van der Waals surface area (Å²) in [5.41, 5.74) is 1.38. The van der Waals surface area contributed by atoms with Crippen LogP contribution in [0.25, 0.3) is 11.1 Å². The van der Waals surface area contributed by atoms with Gasteiger partial charge >= 0.3 is 5.97 Å². The summed E-state index contributed by atoms with van der Waals surface area (Å²) in [7, 11) is -3.61. The van der Waals surface area contributed by atoms with Crippen molar-refractivity contribution in [3.8, 4) is 11.1 Å². The molecule has 2 aromatic carbocycles. The highest BCUT2D eigenvalue weighted by Gasteiger charge is 2.33. The maximum Gasteiger partial charge on any atom is 0.375 e. The summed E-state index contributed by atoms with van der Waals surface area (Å²) in [6.45, 7) is 2.25. The molecule has 4 rings (SSSR count). The summed E-state index contributed by atoms with van der Waals surface area (Å²) < 4.78 is 37.6. The second kappa shape index (κ2) is 9.60. The van der Waals surface area contributed by atoms with E-state index in [0.29, 0.717) is 5.56 Å². The van der Waals surface area contributed by atoms with Crippen LogP contribution in [0.2, 0.25) is 0 Å². The molecule has 1 aliphatic heterocycles. The normalized spacial score (nSPS) is 15.7. The minimum Gasteiger partial charge on any atom is -0.457 e. The minimum atomic E-state index is -3.61. The number of carbonyl (C=O) groups excluding carboxylic acids is 2.